The molecule has 17 heavy (non-hydrogen) atoms. The number of aliphatic hydroxyl groups is 1. The van der Waals surface area contributed by atoms with Crippen molar-refractivity contribution in [3.63, 3.8) is 0 Å². The Morgan fingerprint density at radius 2 is 2.35 bits per heavy atom. The maximum atomic E-state index is 11.5. The first-order chi connectivity index (χ1) is 7.99. The van der Waals surface area contributed by atoms with Gasteiger partial charge in [0.05, 0.1) is 17.8 Å². The van der Waals surface area contributed by atoms with Crippen LogP contribution < -0.4 is 5.32 Å². The molecule has 6 heteroatoms. The zero-order valence-corrected chi connectivity index (χ0v) is 10.8. The van der Waals surface area contributed by atoms with Crippen molar-refractivity contribution in [3.8, 4) is 0 Å². The van der Waals surface area contributed by atoms with Crippen LogP contribution in [0.4, 0.5) is 0 Å². The normalized spacial score (nSPS) is 12.8. The second kappa shape index (κ2) is 6.61. The number of halogens is 1. The van der Waals surface area contributed by atoms with E-state index in [1.165, 1.54) is 6.20 Å². The topological polar surface area (TPSA) is 67.2 Å². The van der Waals surface area contributed by atoms with Gasteiger partial charge in [-0.25, -0.2) is 0 Å². The van der Waals surface area contributed by atoms with E-state index in [0.717, 1.165) is 0 Å². The van der Waals surface area contributed by atoms with E-state index in [9.17, 15) is 9.90 Å². The molecule has 96 valence electrons. The highest BCUT2D eigenvalue weighted by molar-refractivity contribution is 6.30. The van der Waals surface area contributed by atoms with Crippen LogP contribution in [-0.4, -0.2) is 33.4 Å². The molecule has 1 heterocycles. The van der Waals surface area contributed by atoms with E-state index in [4.69, 9.17) is 11.6 Å². The van der Waals surface area contributed by atoms with Crippen LogP contribution >= 0.6 is 11.6 Å². The average Bonchev–Trinajstić information content (AvgIpc) is 2.63. The largest absolute Gasteiger partial charge is 0.383 e. The van der Waals surface area contributed by atoms with Gasteiger partial charge < -0.3 is 10.4 Å². The van der Waals surface area contributed by atoms with E-state index >= 15 is 0 Å². The van der Waals surface area contributed by atoms with Crippen LogP contribution in [0.1, 0.15) is 20.3 Å². The number of nitrogens with one attached hydrogen (secondary N) is 1. The van der Waals surface area contributed by atoms with Crippen molar-refractivity contribution < 1.29 is 9.90 Å². The number of amides is 1. The predicted octanol–water partition coefficient (Wildman–Crippen LogP) is 1.06. The first-order valence-electron chi connectivity index (χ1n) is 5.62. The lowest BCUT2D eigenvalue weighted by Crippen LogP contribution is -2.37. The molecule has 1 aromatic heterocycles. The Morgan fingerprint density at radius 3 is 2.88 bits per heavy atom. The number of aromatic nitrogens is 2. The molecule has 0 radical (unpaired) electrons. The Labute approximate surface area is 106 Å². The van der Waals surface area contributed by atoms with Crippen LogP contribution in [0.25, 0.3) is 0 Å². The zero-order valence-electron chi connectivity index (χ0n) is 10.1. The van der Waals surface area contributed by atoms with E-state index in [-0.39, 0.29) is 5.91 Å². The molecule has 0 saturated carbocycles. The first-order valence-corrected chi connectivity index (χ1v) is 6.00. The average molecular weight is 260 g/mol. The van der Waals surface area contributed by atoms with Gasteiger partial charge in [0.1, 0.15) is 6.10 Å². The van der Waals surface area contributed by atoms with Gasteiger partial charge in [-0.05, 0) is 12.3 Å². The summed E-state index contributed by atoms with van der Waals surface area (Å²) in [5.41, 5.74) is 0. The lowest BCUT2D eigenvalue weighted by atomic mass is 10.1. The first kappa shape index (κ1) is 14.0. The van der Waals surface area contributed by atoms with Crippen molar-refractivity contribution in [2.24, 2.45) is 5.92 Å². The minimum Gasteiger partial charge on any atom is -0.383 e. The summed E-state index contributed by atoms with van der Waals surface area (Å²) in [6.07, 6.45) is 2.76. The van der Waals surface area contributed by atoms with Gasteiger partial charge in [0.15, 0.2) is 0 Å². The van der Waals surface area contributed by atoms with Gasteiger partial charge in [-0.2, -0.15) is 5.10 Å². The molecule has 5 nitrogen and oxygen atoms in total. The third-order valence-corrected chi connectivity index (χ3v) is 2.43. The van der Waals surface area contributed by atoms with Crippen molar-refractivity contribution in [1.29, 1.82) is 0 Å². The van der Waals surface area contributed by atoms with Crippen molar-refractivity contribution in [2.75, 3.05) is 6.54 Å². The molecule has 0 fully saturated rings. The molecular weight excluding hydrogens is 242 g/mol. The van der Waals surface area contributed by atoms with Crippen LogP contribution in [0.2, 0.25) is 5.02 Å². The molecule has 1 rings (SSSR count). The van der Waals surface area contributed by atoms with E-state index in [2.05, 4.69) is 10.4 Å². The maximum Gasteiger partial charge on any atom is 0.248 e. The number of nitrogens with zero attached hydrogens (tertiary/aromatic N) is 2. The smallest absolute Gasteiger partial charge is 0.248 e. The molecule has 0 aromatic carbocycles. The Morgan fingerprint density at radius 1 is 1.65 bits per heavy atom. The molecule has 0 aliphatic carbocycles. The van der Waals surface area contributed by atoms with Crippen LogP contribution in [0.5, 0.6) is 0 Å². The van der Waals surface area contributed by atoms with Crippen molar-refractivity contribution in [2.45, 2.75) is 32.9 Å². The molecule has 1 amide bonds. The Hall–Kier alpha value is -1.07. The molecule has 2 N–H and O–H groups in total. The minimum absolute atomic E-state index is 0.292. The number of hydrogen-bond donors (Lipinski definition) is 2. The Balaban J connectivity index is 2.24. The number of rotatable bonds is 6. The summed E-state index contributed by atoms with van der Waals surface area (Å²) in [6, 6.07) is 0. The van der Waals surface area contributed by atoms with Crippen LogP contribution in [0.15, 0.2) is 12.4 Å². The van der Waals surface area contributed by atoms with Gasteiger partial charge >= 0.3 is 0 Å². The van der Waals surface area contributed by atoms with E-state index in [0.29, 0.717) is 30.5 Å². The third-order valence-electron chi connectivity index (χ3n) is 2.24. The number of carbonyl (C=O) groups excluding carboxylic acids is 1. The SMILES string of the molecule is CC(C)C[C@@H](O)C(=O)NCCn1cc(Cl)cn1. The van der Waals surface area contributed by atoms with Gasteiger partial charge in [0.25, 0.3) is 0 Å². The highest BCUT2D eigenvalue weighted by Gasteiger charge is 2.15. The van der Waals surface area contributed by atoms with Gasteiger partial charge in [-0.3, -0.25) is 9.48 Å². The standard InChI is InChI=1S/C11H18ClN3O2/c1-8(2)5-10(16)11(17)13-3-4-15-7-9(12)6-14-15/h6-8,10,16H,3-5H2,1-2H3,(H,13,17)/t10-/m1/s1. The number of aliphatic hydroxyl groups excluding tert-OH is 1. The summed E-state index contributed by atoms with van der Waals surface area (Å²) in [6.45, 7) is 4.88. The monoisotopic (exact) mass is 259 g/mol. The Bertz CT molecular complexity index is 365. The van der Waals surface area contributed by atoms with Crippen molar-refractivity contribution >= 4 is 17.5 Å². The van der Waals surface area contributed by atoms with Crippen LogP contribution in [0, 0.1) is 5.92 Å². The van der Waals surface area contributed by atoms with Gasteiger partial charge in [-0.1, -0.05) is 25.4 Å². The molecule has 0 unspecified atom stereocenters. The quantitative estimate of drug-likeness (QED) is 0.803. The fourth-order valence-electron chi connectivity index (χ4n) is 1.43. The second-order valence-corrected chi connectivity index (χ2v) is 4.79. The number of hydrogen-bond acceptors (Lipinski definition) is 3. The van der Waals surface area contributed by atoms with Gasteiger partial charge in [0.2, 0.25) is 5.91 Å². The summed E-state index contributed by atoms with van der Waals surface area (Å²) in [5, 5.41) is 16.7. The zero-order chi connectivity index (χ0) is 12.8. The Kier molecular flexibility index (Phi) is 5.44. The van der Waals surface area contributed by atoms with Crippen molar-refractivity contribution in [1.82, 2.24) is 15.1 Å². The molecule has 0 saturated heterocycles. The molecule has 0 bridgehead atoms. The van der Waals surface area contributed by atoms with Crippen molar-refractivity contribution in [3.05, 3.63) is 17.4 Å². The third kappa shape index (κ3) is 5.19. The molecule has 0 aliphatic heterocycles. The number of carbonyl (C=O) groups is 1. The fraction of sp³-hybridized carbons (Fsp3) is 0.636. The van der Waals surface area contributed by atoms with E-state index < -0.39 is 6.10 Å². The molecular formula is C11H18ClN3O2. The molecule has 1 atom stereocenters. The lowest BCUT2D eigenvalue weighted by molar-refractivity contribution is -0.130. The summed E-state index contributed by atoms with van der Waals surface area (Å²) >= 11 is 5.70. The minimum atomic E-state index is -0.934. The van der Waals surface area contributed by atoms with E-state index in [1.54, 1.807) is 10.9 Å². The summed E-state index contributed by atoms with van der Waals surface area (Å²) in [4.78, 5) is 11.5. The maximum absolute atomic E-state index is 11.5. The summed E-state index contributed by atoms with van der Waals surface area (Å²) in [7, 11) is 0. The van der Waals surface area contributed by atoms with Gasteiger partial charge in [-0.15, -0.1) is 0 Å². The highest BCUT2D eigenvalue weighted by Crippen LogP contribution is 2.05. The fourth-order valence-corrected chi connectivity index (χ4v) is 1.58. The van der Waals surface area contributed by atoms with Crippen LogP contribution in [0.3, 0.4) is 0 Å². The predicted molar refractivity (Wildman–Crippen MR) is 65.7 cm³/mol. The lowest BCUT2D eigenvalue weighted by Gasteiger charge is -2.13. The molecule has 1 aromatic rings. The molecule has 0 aliphatic rings. The second-order valence-electron chi connectivity index (χ2n) is 4.36. The molecule has 0 spiro atoms. The summed E-state index contributed by atoms with van der Waals surface area (Å²) in [5.74, 6) is -0.0439. The van der Waals surface area contributed by atoms with E-state index in [1.807, 2.05) is 13.8 Å². The van der Waals surface area contributed by atoms with Crippen LogP contribution in [-0.2, 0) is 11.3 Å². The van der Waals surface area contributed by atoms with Gasteiger partial charge in [0, 0.05) is 12.7 Å². The highest BCUT2D eigenvalue weighted by atomic mass is 35.5. The summed E-state index contributed by atoms with van der Waals surface area (Å²) < 4.78 is 1.64.